The monoisotopic (exact) mass is 366 g/mol. The van der Waals surface area contributed by atoms with Crippen LogP contribution in [0.3, 0.4) is 0 Å². The van der Waals surface area contributed by atoms with Crippen LogP contribution in [0.25, 0.3) is 11.4 Å². The van der Waals surface area contributed by atoms with Crippen molar-refractivity contribution in [3.05, 3.63) is 60.0 Å². The molecule has 0 radical (unpaired) electrons. The van der Waals surface area contributed by atoms with Crippen LogP contribution >= 0.6 is 0 Å². The van der Waals surface area contributed by atoms with Crippen molar-refractivity contribution in [3.8, 4) is 22.9 Å². The van der Waals surface area contributed by atoms with Gasteiger partial charge in [-0.15, -0.1) is 0 Å². The van der Waals surface area contributed by atoms with E-state index in [9.17, 15) is 0 Å². The van der Waals surface area contributed by atoms with E-state index in [0.717, 1.165) is 36.4 Å². The Morgan fingerprint density at radius 3 is 2.74 bits per heavy atom. The van der Waals surface area contributed by atoms with Gasteiger partial charge >= 0.3 is 0 Å². The highest BCUT2D eigenvalue weighted by Crippen LogP contribution is 2.31. The average molecular weight is 366 g/mol. The SMILES string of the molecule is COc1ccc([C@H]2CCC[NH+]2Cc2nc(-c3ccccc3)no2)c(OC)c1. The van der Waals surface area contributed by atoms with Gasteiger partial charge in [0, 0.05) is 24.5 Å². The lowest BCUT2D eigenvalue weighted by molar-refractivity contribution is -0.933. The number of nitrogens with one attached hydrogen (secondary N) is 1. The van der Waals surface area contributed by atoms with Gasteiger partial charge in [0.2, 0.25) is 5.82 Å². The van der Waals surface area contributed by atoms with E-state index in [1.54, 1.807) is 14.2 Å². The van der Waals surface area contributed by atoms with E-state index in [4.69, 9.17) is 14.0 Å². The Balaban J connectivity index is 1.54. The van der Waals surface area contributed by atoms with Gasteiger partial charge in [-0.05, 0) is 12.1 Å². The van der Waals surface area contributed by atoms with Gasteiger partial charge in [0.05, 0.1) is 26.3 Å². The molecule has 4 rings (SSSR count). The van der Waals surface area contributed by atoms with Crippen molar-refractivity contribution in [1.82, 2.24) is 10.1 Å². The first-order valence-corrected chi connectivity index (χ1v) is 9.23. The molecule has 1 unspecified atom stereocenters. The molecule has 6 nitrogen and oxygen atoms in total. The Labute approximate surface area is 158 Å². The van der Waals surface area contributed by atoms with Crippen molar-refractivity contribution in [2.45, 2.75) is 25.4 Å². The zero-order valence-corrected chi connectivity index (χ0v) is 15.6. The number of methoxy groups -OCH3 is 2. The van der Waals surface area contributed by atoms with Crippen molar-refractivity contribution >= 4 is 0 Å². The number of hydrogen-bond donors (Lipinski definition) is 1. The Morgan fingerprint density at radius 1 is 1.11 bits per heavy atom. The summed E-state index contributed by atoms with van der Waals surface area (Å²) in [5, 5.41) is 4.14. The molecule has 0 spiro atoms. The molecule has 2 heterocycles. The van der Waals surface area contributed by atoms with Crippen molar-refractivity contribution in [3.63, 3.8) is 0 Å². The van der Waals surface area contributed by atoms with Gasteiger partial charge in [0.25, 0.3) is 5.89 Å². The summed E-state index contributed by atoms with van der Waals surface area (Å²) in [4.78, 5) is 6.01. The molecule has 2 atom stereocenters. The molecule has 1 fully saturated rings. The summed E-state index contributed by atoms with van der Waals surface area (Å²) in [5.74, 6) is 2.99. The summed E-state index contributed by atoms with van der Waals surface area (Å²) < 4.78 is 16.5. The first-order valence-electron chi connectivity index (χ1n) is 9.23. The minimum absolute atomic E-state index is 0.345. The molecule has 1 aliphatic heterocycles. The molecular formula is C21H24N3O3+. The smallest absolute Gasteiger partial charge is 0.282 e. The number of rotatable bonds is 6. The van der Waals surface area contributed by atoms with Gasteiger partial charge < -0.3 is 18.9 Å². The van der Waals surface area contributed by atoms with E-state index in [1.807, 2.05) is 42.5 Å². The molecule has 140 valence electrons. The molecule has 1 aliphatic rings. The minimum atomic E-state index is 0.345. The molecule has 6 heteroatoms. The van der Waals surface area contributed by atoms with E-state index >= 15 is 0 Å². The van der Waals surface area contributed by atoms with E-state index < -0.39 is 0 Å². The fourth-order valence-corrected chi connectivity index (χ4v) is 3.83. The van der Waals surface area contributed by atoms with Gasteiger partial charge in [-0.2, -0.15) is 4.98 Å². The molecule has 27 heavy (non-hydrogen) atoms. The van der Waals surface area contributed by atoms with E-state index in [-0.39, 0.29) is 0 Å². The molecule has 2 aromatic carbocycles. The molecule has 0 saturated carbocycles. The highest BCUT2D eigenvalue weighted by molar-refractivity contribution is 5.53. The lowest BCUT2D eigenvalue weighted by atomic mass is 10.0. The molecule has 3 aromatic rings. The first-order chi connectivity index (χ1) is 13.3. The largest absolute Gasteiger partial charge is 0.497 e. The van der Waals surface area contributed by atoms with Gasteiger partial charge in [-0.25, -0.2) is 0 Å². The highest BCUT2D eigenvalue weighted by Gasteiger charge is 2.33. The highest BCUT2D eigenvalue weighted by atomic mass is 16.5. The molecule has 1 saturated heterocycles. The van der Waals surface area contributed by atoms with Crippen LogP contribution in [0.15, 0.2) is 53.1 Å². The number of ether oxygens (including phenoxy) is 2. The molecule has 0 aliphatic carbocycles. The Morgan fingerprint density at radius 2 is 1.96 bits per heavy atom. The topological polar surface area (TPSA) is 61.8 Å². The second-order valence-corrected chi connectivity index (χ2v) is 6.77. The molecule has 1 N–H and O–H groups in total. The second-order valence-electron chi connectivity index (χ2n) is 6.77. The van der Waals surface area contributed by atoms with Crippen LogP contribution in [0.1, 0.15) is 30.3 Å². The number of aromatic nitrogens is 2. The zero-order valence-electron chi connectivity index (χ0n) is 15.6. The Hall–Kier alpha value is -2.86. The summed E-state index contributed by atoms with van der Waals surface area (Å²) in [7, 11) is 3.37. The summed E-state index contributed by atoms with van der Waals surface area (Å²) in [6.45, 7) is 1.78. The zero-order chi connectivity index (χ0) is 18.6. The van der Waals surface area contributed by atoms with Crippen LogP contribution in [0.4, 0.5) is 0 Å². The van der Waals surface area contributed by atoms with Crippen molar-refractivity contribution in [2.24, 2.45) is 0 Å². The third-order valence-corrected chi connectivity index (χ3v) is 5.18. The van der Waals surface area contributed by atoms with E-state index in [0.29, 0.717) is 24.3 Å². The van der Waals surface area contributed by atoms with Gasteiger partial charge in [0.1, 0.15) is 17.5 Å². The number of hydrogen-bond acceptors (Lipinski definition) is 5. The maximum Gasteiger partial charge on any atom is 0.282 e. The quantitative estimate of drug-likeness (QED) is 0.727. The lowest BCUT2D eigenvalue weighted by Gasteiger charge is -2.22. The maximum atomic E-state index is 5.62. The summed E-state index contributed by atoms with van der Waals surface area (Å²) in [6, 6.07) is 16.3. The van der Waals surface area contributed by atoms with Crippen LogP contribution in [0, 0.1) is 0 Å². The number of likely N-dealkylation sites (tertiary alicyclic amines) is 1. The predicted octanol–water partition coefficient (Wildman–Crippen LogP) is 2.67. The Bertz CT molecular complexity index is 895. The maximum absolute atomic E-state index is 5.62. The first kappa shape index (κ1) is 17.5. The van der Waals surface area contributed by atoms with Crippen LogP contribution in [0.2, 0.25) is 0 Å². The molecule has 0 amide bonds. The fraction of sp³-hybridized carbons (Fsp3) is 0.333. The summed E-state index contributed by atoms with van der Waals surface area (Å²) >= 11 is 0. The lowest BCUT2D eigenvalue weighted by Crippen LogP contribution is -3.09. The standard InChI is InChI=1S/C21H23N3O3/c1-25-16-10-11-17(19(13-16)26-2)18-9-6-12-24(18)14-20-22-21(23-27-20)15-7-4-3-5-8-15/h3-5,7-8,10-11,13,18H,6,9,12,14H2,1-2H3/p+1/t18-/m1/s1. The third kappa shape index (κ3) is 3.66. The van der Waals surface area contributed by atoms with Crippen molar-refractivity contribution < 1.29 is 18.9 Å². The molecule has 0 bridgehead atoms. The van der Waals surface area contributed by atoms with E-state index in [1.165, 1.54) is 10.5 Å². The van der Waals surface area contributed by atoms with Crippen molar-refractivity contribution in [2.75, 3.05) is 20.8 Å². The molecule has 1 aromatic heterocycles. The van der Waals surface area contributed by atoms with Crippen LogP contribution < -0.4 is 14.4 Å². The fourth-order valence-electron chi connectivity index (χ4n) is 3.83. The third-order valence-electron chi connectivity index (χ3n) is 5.18. The van der Waals surface area contributed by atoms with Crippen LogP contribution in [-0.4, -0.2) is 30.9 Å². The molecular weight excluding hydrogens is 342 g/mol. The number of quaternary nitrogens is 1. The predicted molar refractivity (Wildman–Crippen MR) is 101 cm³/mol. The summed E-state index contributed by atoms with van der Waals surface area (Å²) in [6.07, 6.45) is 2.27. The minimum Gasteiger partial charge on any atom is -0.497 e. The van der Waals surface area contributed by atoms with Gasteiger partial charge in [-0.3, -0.25) is 0 Å². The van der Waals surface area contributed by atoms with Crippen molar-refractivity contribution in [1.29, 1.82) is 0 Å². The number of nitrogens with zero attached hydrogens (tertiary/aromatic N) is 2. The Kier molecular flexibility index (Phi) is 5.07. The van der Waals surface area contributed by atoms with Gasteiger partial charge in [-0.1, -0.05) is 35.5 Å². The second kappa shape index (κ2) is 7.80. The number of benzene rings is 2. The van der Waals surface area contributed by atoms with Gasteiger partial charge in [0.15, 0.2) is 6.54 Å². The summed E-state index contributed by atoms with van der Waals surface area (Å²) in [5.41, 5.74) is 2.17. The average Bonchev–Trinajstić information content (AvgIpc) is 3.38. The van der Waals surface area contributed by atoms with Crippen LogP contribution in [0.5, 0.6) is 11.5 Å². The van der Waals surface area contributed by atoms with Crippen LogP contribution in [-0.2, 0) is 6.54 Å². The normalized spacial score (nSPS) is 19.2. The van der Waals surface area contributed by atoms with E-state index in [2.05, 4.69) is 16.2 Å².